The first kappa shape index (κ1) is 15.5. The molecular weight excluding hydrogens is 303 g/mol. The first-order valence-corrected chi connectivity index (χ1v) is 8.31. The highest BCUT2D eigenvalue weighted by Crippen LogP contribution is 2.35. The molecule has 2 N–H and O–H groups in total. The Labute approximate surface area is 123 Å². The van der Waals surface area contributed by atoms with Crippen molar-refractivity contribution >= 4 is 27.3 Å². The average Bonchev–Trinajstić information content (AvgIpc) is 3.14. The SMILES string of the molecule is CC(C)CN(C1CC1)S(=O)(=O)c1cc(Cl)cc(N)c1F. The number of anilines is 1. The highest BCUT2D eigenvalue weighted by Gasteiger charge is 2.39. The van der Waals surface area contributed by atoms with Crippen molar-refractivity contribution < 1.29 is 12.8 Å². The quantitative estimate of drug-likeness (QED) is 0.848. The van der Waals surface area contributed by atoms with Crippen LogP contribution in [0.2, 0.25) is 5.02 Å². The van der Waals surface area contributed by atoms with Gasteiger partial charge in [-0.1, -0.05) is 25.4 Å². The number of sulfonamides is 1. The van der Waals surface area contributed by atoms with Gasteiger partial charge in [0.2, 0.25) is 10.0 Å². The predicted octanol–water partition coefficient (Wildman–Crippen LogP) is 2.87. The van der Waals surface area contributed by atoms with Crippen molar-refractivity contribution in [3.63, 3.8) is 0 Å². The highest BCUT2D eigenvalue weighted by atomic mass is 35.5. The largest absolute Gasteiger partial charge is 0.396 e. The zero-order valence-electron chi connectivity index (χ0n) is 11.4. The van der Waals surface area contributed by atoms with Crippen LogP contribution in [0, 0.1) is 11.7 Å². The van der Waals surface area contributed by atoms with Crippen LogP contribution in [0.4, 0.5) is 10.1 Å². The third-order valence-corrected chi connectivity index (χ3v) is 5.25. The lowest BCUT2D eigenvalue weighted by Crippen LogP contribution is -2.36. The maximum absolute atomic E-state index is 14.1. The molecule has 0 bridgehead atoms. The molecule has 0 aromatic heterocycles. The van der Waals surface area contributed by atoms with Gasteiger partial charge in [-0.15, -0.1) is 0 Å². The molecule has 1 saturated carbocycles. The minimum atomic E-state index is -3.91. The summed E-state index contributed by atoms with van der Waals surface area (Å²) in [5, 5.41) is 0.114. The molecule has 112 valence electrons. The minimum absolute atomic E-state index is 0.0398. The van der Waals surface area contributed by atoms with E-state index in [0.717, 1.165) is 18.9 Å². The second kappa shape index (κ2) is 5.50. The van der Waals surface area contributed by atoms with Crippen LogP contribution in [-0.2, 0) is 10.0 Å². The van der Waals surface area contributed by atoms with Crippen LogP contribution in [0.15, 0.2) is 17.0 Å². The first-order chi connectivity index (χ1) is 9.23. The molecule has 0 spiro atoms. The van der Waals surface area contributed by atoms with E-state index in [1.807, 2.05) is 13.8 Å². The van der Waals surface area contributed by atoms with Gasteiger partial charge >= 0.3 is 0 Å². The van der Waals surface area contributed by atoms with Crippen LogP contribution in [0.25, 0.3) is 0 Å². The zero-order chi connectivity index (χ0) is 15.1. The van der Waals surface area contributed by atoms with E-state index in [4.69, 9.17) is 17.3 Å². The lowest BCUT2D eigenvalue weighted by molar-refractivity contribution is 0.358. The molecule has 1 aromatic rings. The van der Waals surface area contributed by atoms with Crippen molar-refractivity contribution in [1.82, 2.24) is 4.31 Å². The molecule has 0 atom stereocenters. The molecular formula is C13H18ClFN2O2S. The number of halogens is 2. The number of rotatable bonds is 5. The van der Waals surface area contributed by atoms with E-state index >= 15 is 0 Å². The van der Waals surface area contributed by atoms with E-state index in [-0.39, 0.29) is 22.7 Å². The Morgan fingerprint density at radius 1 is 1.45 bits per heavy atom. The molecule has 2 rings (SSSR count). The van der Waals surface area contributed by atoms with Crippen LogP contribution in [0.1, 0.15) is 26.7 Å². The molecule has 0 radical (unpaired) electrons. The smallest absolute Gasteiger partial charge is 0.246 e. The van der Waals surface area contributed by atoms with Gasteiger partial charge in [0.15, 0.2) is 5.82 Å². The van der Waals surface area contributed by atoms with Gasteiger partial charge in [-0.05, 0) is 30.9 Å². The van der Waals surface area contributed by atoms with Gasteiger partial charge < -0.3 is 5.73 Å². The van der Waals surface area contributed by atoms with Crippen LogP contribution in [-0.4, -0.2) is 25.3 Å². The summed E-state index contributed by atoms with van der Waals surface area (Å²) in [4.78, 5) is -0.435. The summed E-state index contributed by atoms with van der Waals surface area (Å²) in [5.41, 5.74) is 5.22. The average molecular weight is 321 g/mol. The Morgan fingerprint density at radius 3 is 2.55 bits per heavy atom. The van der Waals surface area contributed by atoms with E-state index in [1.165, 1.54) is 10.4 Å². The van der Waals surface area contributed by atoms with Crippen LogP contribution >= 0.6 is 11.6 Å². The molecule has 0 unspecified atom stereocenters. The molecule has 1 aromatic carbocycles. The summed E-state index contributed by atoms with van der Waals surface area (Å²) >= 11 is 5.80. The normalized spacial score (nSPS) is 16.1. The van der Waals surface area contributed by atoms with Gasteiger partial charge in [-0.25, -0.2) is 12.8 Å². The van der Waals surface area contributed by atoms with Crippen LogP contribution < -0.4 is 5.73 Å². The van der Waals surface area contributed by atoms with Gasteiger partial charge in [-0.2, -0.15) is 4.31 Å². The Hall–Kier alpha value is -0.850. The molecule has 7 heteroatoms. The fraction of sp³-hybridized carbons (Fsp3) is 0.538. The Balaban J connectivity index is 2.48. The Bertz CT molecular complexity index is 615. The van der Waals surface area contributed by atoms with Gasteiger partial charge in [0.25, 0.3) is 0 Å². The van der Waals surface area contributed by atoms with Crippen LogP contribution in [0.5, 0.6) is 0 Å². The number of nitrogens with two attached hydrogens (primary N) is 1. The van der Waals surface area contributed by atoms with Crippen molar-refractivity contribution in [2.24, 2.45) is 5.92 Å². The molecule has 0 amide bonds. The van der Waals surface area contributed by atoms with Crippen molar-refractivity contribution in [2.45, 2.75) is 37.6 Å². The van der Waals surface area contributed by atoms with Gasteiger partial charge in [0, 0.05) is 17.6 Å². The fourth-order valence-electron chi connectivity index (χ4n) is 2.06. The minimum Gasteiger partial charge on any atom is -0.396 e. The summed E-state index contributed by atoms with van der Waals surface area (Å²) in [7, 11) is -3.91. The molecule has 0 saturated heterocycles. The molecule has 1 aliphatic rings. The number of benzene rings is 1. The van der Waals surface area contributed by atoms with E-state index in [2.05, 4.69) is 0 Å². The number of hydrogen-bond acceptors (Lipinski definition) is 3. The molecule has 1 fully saturated rings. The second-order valence-corrected chi connectivity index (χ2v) is 7.80. The maximum atomic E-state index is 14.1. The van der Waals surface area contributed by atoms with Crippen LogP contribution in [0.3, 0.4) is 0 Å². The standard InChI is InChI=1S/C13H18ClFN2O2S/c1-8(2)7-17(10-3-4-10)20(18,19)12-6-9(14)5-11(16)13(12)15/h5-6,8,10H,3-4,7,16H2,1-2H3. The highest BCUT2D eigenvalue weighted by molar-refractivity contribution is 7.89. The van der Waals surface area contributed by atoms with Gasteiger partial charge in [-0.3, -0.25) is 0 Å². The van der Waals surface area contributed by atoms with E-state index in [1.54, 1.807) is 0 Å². The molecule has 1 aliphatic carbocycles. The first-order valence-electron chi connectivity index (χ1n) is 6.50. The maximum Gasteiger partial charge on any atom is 0.246 e. The van der Waals surface area contributed by atoms with Crippen molar-refractivity contribution in [3.8, 4) is 0 Å². The second-order valence-electron chi connectivity index (χ2n) is 5.51. The zero-order valence-corrected chi connectivity index (χ0v) is 13.0. The molecule has 0 heterocycles. The third-order valence-electron chi connectivity index (χ3n) is 3.12. The van der Waals surface area contributed by atoms with Gasteiger partial charge in [0.05, 0.1) is 5.69 Å². The van der Waals surface area contributed by atoms with E-state index in [9.17, 15) is 12.8 Å². The summed E-state index contributed by atoms with van der Waals surface area (Å²) in [5.74, 6) is -0.770. The van der Waals surface area contributed by atoms with Crippen molar-refractivity contribution in [1.29, 1.82) is 0 Å². The lowest BCUT2D eigenvalue weighted by Gasteiger charge is -2.24. The summed E-state index contributed by atoms with van der Waals surface area (Å²) in [6.45, 7) is 4.21. The van der Waals surface area contributed by atoms with Crippen molar-refractivity contribution in [3.05, 3.63) is 23.0 Å². The summed E-state index contributed by atoms with van der Waals surface area (Å²) in [6, 6.07) is 2.29. The van der Waals surface area contributed by atoms with Gasteiger partial charge in [0.1, 0.15) is 4.90 Å². The third kappa shape index (κ3) is 3.07. The molecule has 20 heavy (non-hydrogen) atoms. The monoisotopic (exact) mass is 320 g/mol. The number of nitrogen functional groups attached to an aromatic ring is 1. The number of hydrogen-bond donors (Lipinski definition) is 1. The number of nitrogens with zero attached hydrogens (tertiary/aromatic N) is 1. The Kier molecular flexibility index (Phi) is 4.27. The predicted molar refractivity (Wildman–Crippen MR) is 77.6 cm³/mol. The van der Waals surface area contributed by atoms with E-state index < -0.39 is 20.7 Å². The van der Waals surface area contributed by atoms with E-state index in [0.29, 0.717) is 6.54 Å². The molecule has 0 aliphatic heterocycles. The summed E-state index contributed by atoms with van der Waals surface area (Å²) < 4.78 is 40.7. The summed E-state index contributed by atoms with van der Waals surface area (Å²) in [6.07, 6.45) is 1.62. The molecule has 4 nitrogen and oxygen atoms in total. The lowest BCUT2D eigenvalue weighted by atomic mass is 10.2. The fourth-order valence-corrected chi connectivity index (χ4v) is 4.33. The topological polar surface area (TPSA) is 63.4 Å². The van der Waals surface area contributed by atoms with Crippen molar-refractivity contribution in [2.75, 3.05) is 12.3 Å². The Morgan fingerprint density at radius 2 is 2.05 bits per heavy atom.